The summed E-state index contributed by atoms with van der Waals surface area (Å²) in [5.74, 6) is 1.98. The second kappa shape index (κ2) is 4.83. The van der Waals surface area contributed by atoms with Gasteiger partial charge in [0.2, 0.25) is 11.8 Å². The SMILES string of the molecule is CC(C)(C)NCCCc1nnc(C2C(C)(C)C2(C)C)o1. The van der Waals surface area contributed by atoms with E-state index in [2.05, 4.69) is 64.0 Å². The third kappa shape index (κ3) is 2.90. The second-order valence-electron chi connectivity index (χ2n) is 8.19. The van der Waals surface area contributed by atoms with Crippen molar-refractivity contribution < 1.29 is 4.42 Å². The molecule has 4 heteroatoms. The Morgan fingerprint density at radius 1 is 1.10 bits per heavy atom. The van der Waals surface area contributed by atoms with Crippen LogP contribution in [-0.2, 0) is 6.42 Å². The topological polar surface area (TPSA) is 51.0 Å². The number of nitrogens with one attached hydrogen (secondary N) is 1. The smallest absolute Gasteiger partial charge is 0.220 e. The highest BCUT2D eigenvalue weighted by Crippen LogP contribution is 2.73. The summed E-state index contributed by atoms with van der Waals surface area (Å²) in [6, 6.07) is 0. The van der Waals surface area contributed by atoms with Gasteiger partial charge in [0.05, 0.1) is 0 Å². The molecule has 2 rings (SSSR count). The molecular weight excluding hydrogens is 250 g/mol. The summed E-state index contributed by atoms with van der Waals surface area (Å²) < 4.78 is 5.86. The van der Waals surface area contributed by atoms with Crippen LogP contribution in [0.3, 0.4) is 0 Å². The molecule has 0 amide bonds. The first-order valence-electron chi connectivity index (χ1n) is 7.63. The van der Waals surface area contributed by atoms with Crippen molar-refractivity contribution >= 4 is 0 Å². The fourth-order valence-corrected chi connectivity index (χ4v) is 3.00. The molecule has 1 saturated carbocycles. The maximum absolute atomic E-state index is 5.86. The maximum atomic E-state index is 5.86. The van der Waals surface area contributed by atoms with Crippen LogP contribution in [0, 0.1) is 10.8 Å². The minimum Gasteiger partial charge on any atom is -0.425 e. The predicted molar refractivity (Wildman–Crippen MR) is 80.7 cm³/mol. The molecule has 0 radical (unpaired) electrons. The molecule has 1 aromatic rings. The number of aromatic nitrogens is 2. The van der Waals surface area contributed by atoms with Crippen molar-refractivity contribution in [1.29, 1.82) is 0 Å². The Bertz CT molecular complexity index is 454. The van der Waals surface area contributed by atoms with E-state index in [1.54, 1.807) is 0 Å². The first-order valence-corrected chi connectivity index (χ1v) is 7.63. The second-order valence-corrected chi connectivity index (χ2v) is 8.19. The molecule has 0 saturated heterocycles. The van der Waals surface area contributed by atoms with Crippen molar-refractivity contribution in [1.82, 2.24) is 15.5 Å². The van der Waals surface area contributed by atoms with Crippen LogP contribution in [0.2, 0.25) is 0 Å². The lowest BCUT2D eigenvalue weighted by atomic mass is 10.0. The number of aryl methyl sites for hydroxylation is 1. The van der Waals surface area contributed by atoms with Gasteiger partial charge in [-0.2, -0.15) is 0 Å². The van der Waals surface area contributed by atoms with Crippen LogP contribution in [0.4, 0.5) is 0 Å². The zero-order chi connectivity index (χ0) is 15.2. The first kappa shape index (κ1) is 15.5. The molecule has 20 heavy (non-hydrogen) atoms. The minimum absolute atomic E-state index is 0.169. The van der Waals surface area contributed by atoms with Gasteiger partial charge < -0.3 is 9.73 Å². The van der Waals surface area contributed by atoms with E-state index in [1.807, 2.05) is 0 Å². The van der Waals surface area contributed by atoms with E-state index in [0.717, 1.165) is 31.2 Å². The zero-order valence-corrected chi connectivity index (χ0v) is 14.0. The van der Waals surface area contributed by atoms with Crippen molar-refractivity contribution in [3.05, 3.63) is 11.8 Å². The quantitative estimate of drug-likeness (QED) is 0.838. The van der Waals surface area contributed by atoms with Crippen molar-refractivity contribution in [3.8, 4) is 0 Å². The van der Waals surface area contributed by atoms with Crippen molar-refractivity contribution in [3.63, 3.8) is 0 Å². The Balaban J connectivity index is 1.85. The summed E-state index contributed by atoms with van der Waals surface area (Å²) in [4.78, 5) is 0. The van der Waals surface area contributed by atoms with E-state index in [-0.39, 0.29) is 16.4 Å². The lowest BCUT2D eigenvalue weighted by Crippen LogP contribution is -2.36. The van der Waals surface area contributed by atoms with E-state index in [0.29, 0.717) is 5.92 Å². The van der Waals surface area contributed by atoms with Gasteiger partial charge >= 0.3 is 0 Å². The third-order valence-electron chi connectivity index (χ3n) is 4.97. The van der Waals surface area contributed by atoms with Crippen LogP contribution in [0.15, 0.2) is 4.42 Å². The Kier molecular flexibility index (Phi) is 3.74. The molecule has 1 aromatic heterocycles. The standard InChI is InChI=1S/C16H29N3O/c1-14(2,3)17-10-8-9-11-18-19-13(20-11)12-15(4,5)16(12,6)7/h12,17H,8-10H2,1-7H3. The van der Waals surface area contributed by atoms with Crippen LogP contribution in [-0.4, -0.2) is 22.3 Å². The van der Waals surface area contributed by atoms with Gasteiger partial charge in [0.25, 0.3) is 0 Å². The molecular formula is C16H29N3O. The van der Waals surface area contributed by atoms with Gasteiger partial charge in [-0.25, -0.2) is 0 Å². The average Bonchev–Trinajstić information content (AvgIpc) is 2.65. The fraction of sp³-hybridized carbons (Fsp3) is 0.875. The van der Waals surface area contributed by atoms with E-state index < -0.39 is 0 Å². The number of hydrogen-bond donors (Lipinski definition) is 1. The summed E-state index contributed by atoms with van der Waals surface area (Å²) in [5, 5.41) is 11.9. The molecule has 1 N–H and O–H groups in total. The molecule has 114 valence electrons. The van der Waals surface area contributed by atoms with E-state index in [4.69, 9.17) is 4.42 Å². The Morgan fingerprint density at radius 2 is 1.70 bits per heavy atom. The molecule has 0 aliphatic heterocycles. The highest BCUT2D eigenvalue weighted by molar-refractivity contribution is 5.24. The van der Waals surface area contributed by atoms with Gasteiger partial charge in [-0.1, -0.05) is 27.7 Å². The molecule has 1 aliphatic carbocycles. The van der Waals surface area contributed by atoms with E-state index in [1.165, 1.54) is 0 Å². The fourth-order valence-electron chi connectivity index (χ4n) is 3.00. The van der Waals surface area contributed by atoms with E-state index >= 15 is 0 Å². The molecule has 0 unspecified atom stereocenters. The summed E-state index contributed by atoms with van der Waals surface area (Å²) in [7, 11) is 0. The first-order chi connectivity index (χ1) is 9.06. The molecule has 1 aliphatic rings. The van der Waals surface area contributed by atoms with Crippen LogP contribution in [0.5, 0.6) is 0 Å². The molecule has 0 aromatic carbocycles. The Labute approximate surface area is 122 Å². The highest BCUT2D eigenvalue weighted by Gasteiger charge is 2.67. The summed E-state index contributed by atoms with van der Waals surface area (Å²) in [6.45, 7) is 16.6. The van der Waals surface area contributed by atoms with Crippen molar-refractivity contribution in [2.24, 2.45) is 10.8 Å². The molecule has 1 heterocycles. The van der Waals surface area contributed by atoms with Crippen LogP contribution in [0.1, 0.15) is 72.6 Å². The molecule has 0 atom stereocenters. The summed E-state index contributed by atoms with van der Waals surface area (Å²) in [5.41, 5.74) is 0.678. The van der Waals surface area contributed by atoms with Gasteiger partial charge in [-0.15, -0.1) is 10.2 Å². The molecule has 4 nitrogen and oxygen atoms in total. The van der Waals surface area contributed by atoms with Gasteiger partial charge in [0.15, 0.2) is 0 Å². The Hall–Kier alpha value is -0.900. The largest absolute Gasteiger partial charge is 0.425 e. The van der Waals surface area contributed by atoms with Crippen LogP contribution in [0.25, 0.3) is 0 Å². The number of nitrogens with zero attached hydrogens (tertiary/aromatic N) is 2. The van der Waals surface area contributed by atoms with Crippen molar-refractivity contribution in [2.75, 3.05) is 6.54 Å². The minimum atomic E-state index is 0.169. The average molecular weight is 279 g/mol. The summed E-state index contributed by atoms with van der Waals surface area (Å²) >= 11 is 0. The number of rotatable bonds is 5. The van der Waals surface area contributed by atoms with Gasteiger partial charge in [-0.3, -0.25) is 0 Å². The third-order valence-corrected chi connectivity index (χ3v) is 4.97. The highest BCUT2D eigenvalue weighted by atomic mass is 16.4. The number of hydrogen-bond acceptors (Lipinski definition) is 4. The monoisotopic (exact) mass is 279 g/mol. The van der Waals surface area contributed by atoms with Crippen molar-refractivity contribution in [2.45, 2.75) is 72.8 Å². The zero-order valence-electron chi connectivity index (χ0n) is 14.0. The van der Waals surface area contributed by atoms with Gasteiger partial charge in [0, 0.05) is 17.9 Å². The Morgan fingerprint density at radius 3 is 2.20 bits per heavy atom. The van der Waals surface area contributed by atoms with Gasteiger partial charge in [0.1, 0.15) is 0 Å². The summed E-state index contributed by atoms with van der Waals surface area (Å²) in [6.07, 6.45) is 1.88. The lowest BCUT2D eigenvalue weighted by molar-refractivity contribution is 0.400. The lowest BCUT2D eigenvalue weighted by Gasteiger charge is -2.19. The maximum Gasteiger partial charge on any atom is 0.220 e. The molecule has 0 bridgehead atoms. The predicted octanol–water partition coefficient (Wildman–Crippen LogP) is 3.54. The van der Waals surface area contributed by atoms with Crippen LogP contribution >= 0.6 is 0 Å². The van der Waals surface area contributed by atoms with Gasteiger partial charge in [-0.05, 0) is 44.6 Å². The molecule has 1 fully saturated rings. The van der Waals surface area contributed by atoms with Crippen LogP contribution < -0.4 is 5.32 Å². The normalized spacial score (nSPS) is 21.1. The van der Waals surface area contributed by atoms with E-state index in [9.17, 15) is 0 Å². The molecule has 0 spiro atoms.